The number of hydrogen-bond acceptors (Lipinski definition) is 3. The highest BCUT2D eigenvalue weighted by atomic mass is 19.1. The van der Waals surface area contributed by atoms with Crippen LogP contribution in [0, 0.1) is 29.0 Å². The first kappa shape index (κ1) is 17.4. The van der Waals surface area contributed by atoms with Gasteiger partial charge in [0.05, 0.1) is 24.0 Å². The predicted molar refractivity (Wildman–Crippen MR) is 106 cm³/mol. The minimum atomic E-state index is -0.373. The molecule has 0 spiro atoms. The number of aliphatic hydroxyl groups excluding tert-OH is 1. The lowest BCUT2D eigenvalue weighted by Crippen LogP contribution is -2.52. The van der Waals surface area contributed by atoms with E-state index in [0.717, 1.165) is 29.0 Å². The fourth-order valence-electron chi connectivity index (χ4n) is 7.22. The van der Waals surface area contributed by atoms with Gasteiger partial charge in [-0.25, -0.2) is 4.39 Å². The van der Waals surface area contributed by atoms with Crippen LogP contribution in [0.4, 0.5) is 4.39 Å². The number of rotatable bonds is 4. The first-order valence-electron chi connectivity index (χ1n) is 10.4. The number of hydrogen-bond donors (Lipinski definition) is 1. The van der Waals surface area contributed by atoms with E-state index in [4.69, 9.17) is 0 Å². The maximum atomic E-state index is 14.8. The molecule has 4 heteroatoms. The molecule has 0 saturated heterocycles. The molecule has 0 radical (unpaired) electrons. The minimum Gasteiger partial charge on any atom is -0.392 e. The van der Waals surface area contributed by atoms with Gasteiger partial charge in [-0.05, 0) is 80.9 Å². The van der Waals surface area contributed by atoms with Gasteiger partial charge in [0, 0.05) is 18.2 Å². The summed E-state index contributed by atoms with van der Waals surface area (Å²) in [5, 5.41) is 11.4. The predicted octanol–water partition coefficient (Wildman–Crippen LogP) is 4.78. The van der Waals surface area contributed by atoms with Gasteiger partial charge >= 0.3 is 0 Å². The van der Waals surface area contributed by atoms with Crippen LogP contribution >= 0.6 is 0 Å². The number of halogens is 1. The molecule has 1 aromatic carbocycles. The van der Waals surface area contributed by atoms with Crippen molar-refractivity contribution in [1.82, 2.24) is 4.90 Å². The molecule has 4 bridgehead atoms. The Morgan fingerprint density at radius 2 is 1.89 bits per heavy atom. The smallest absolute Gasteiger partial charge is 0.129 e. The van der Waals surface area contributed by atoms with Gasteiger partial charge < -0.3 is 10.0 Å². The van der Waals surface area contributed by atoms with Crippen molar-refractivity contribution in [3.05, 3.63) is 41.3 Å². The van der Waals surface area contributed by atoms with Crippen molar-refractivity contribution in [2.75, 3.05) is 7.05 Å². The summed E-state index contributed by atoms with van der Waals surface area (Å²) >= 11 is 0. The number of aliphatic hydroxyl groups is 1. The highest BCUT2D eigenvalue weighted by Crippen LogP contribution is 2.62. The Kier molecular flexibility index (Phi) is 3.98. The number of nitrogens with zero attached hydrogens (tertiary/aromatic N) is 2. The fourth-order valence-corrected chi connectivity index (χ4v) is 7.22. The van der Waals surface area contributed by atoms with E-state index in [1.165, 1.54) is 44.6 Å². The molecule has 3 nitrogen and oxygen atoms in total. The summed E-state index contributed by atoms with van der Waals surface area (Å²) in [6.45, 7) is 3.57. The molecule has 4 saturated carbocycles. The lowest BCUT2D eigenvalue weighted by molar-refractivity contribution is -0.125. The number of aliphatic imine (C=N–C) groups is 1. The van der Waals surface area contributed by atoms with Crippen LogP contribution in [-0.4, -0.2) is 29.9 Å². The molecular formula is C23H29FN2O. The summed E-state index contributed by atoms with van der Waals surface area (Å²) in [5.74, 6) is 2.22. The molecular weight excluding hydrogens is 339 g/mol. The Morgan fingerprint density at radius 3 is 2.48 bits per heavy atom. The van der Waals surface area contributed by atoms with Gasteiger partial charge in [-0.3, -0.25) is 4.99 Å². The zero-order chi connectivity index (χ0) is 18.8. The van der Waals surface area contributed by atoms with Gasteiger partial charge in [0.1, 0.15) is 5.82 Å². The second kappa shape index (κ2) is 6.16. The lowest BCUT2D eigenvalue weighted by atomic mass is 9.48. The molecule has 2 atom stereocenters. The van der Waals surface area contributed by atoms with Crippen LogP contribution < -0.4 is 0 Å². The van der Waals surface area contributed by atoms with E-state index in [2.05, 4.69) is 16.6 Å². The van der Waals surface area contributed by atoms with Crippen LogP contribution in [0.1, 0.15) is 62.1 Å². The highest BCUT2D eigenvalue weighted by Gasteiger charge is 2.54. The Bertz CT molecular complexity index is 766. The average molecular weight is 368 g/mol. The third-order valence-electron chi connectivity index (χ3n) is 7.96. The van der Waals surface area contributed by atoms with Crippen LogP contribution in [-0.2, 0) is 0 Å². The third kappa shape index (κ3) is 2.60. The summed E-state index contributed by atoms with van der Waals surface area (Å²) < 4.78 is 14.8. The Hall–Kier alpha value is -1.68. The first-order chi connectivity index (χ1) is 13.0. The van der Waals surface area contributed by atoms with E-state index in [-0.39, 0.29) is 23.4 Å². The summed E-state index contributed by atoms with van der Waals surface area (Å²) in [5.41, 5.74) is 2.54. The summed E-state index contributed by atoms with van der Waals surface area (Å²) in [6, 6.07) is 5.08. The Morgan fingerprint density at radius 1 is 1.26 bits per heavy atom. The van der Waals surface area contributed by atoms with Crippen LogP contribution in [0.5, 0.6) is 0 Å². The summed E-state index contributed by atoms with van der Waals surface area (Å²) in [4.78, 5) is 6.00. The molecule has 27 heavy (non-hydrogen) atoms. The molecule has 0 amide bonds. The van der Waals surface area contributed by atoms with E-state index in [1.54, 1.807) is 12.3 Å². The normalized spacial score (nSPS) is 39.1. The SMILES string of the molecule is C=N/C=C1/c2cccc(F)c2C(CC(O)C23CC4CC(CC(C4)C2)C3)N1C. The maximum Gasteiger partial charge on any atom is 0.129 e. The van der Waals surface area contributed by atoms with Crippen molar-refractivity contribution < 1.29 is 9.50 Å². The number of fused-ring (bicyclic) bond motifs is 1. The number of benzene rings is 1. The van der Waals surface area contributed by atoms with Gasteiger partial charge in [0.25, 0.3) is 0 Å². The standard InChI is InChI=1S/C23H29FN2O/c1-25-13-20-17-4-3-5-18(24)22(17)19(26(20)2)9-21(27)23-10-14-6-15(11-23)8-16(7-14)12-23/h3-5,13-16,19,21,27H,1,6-12H2,2H3/b20-13-. The average Bonchev–Trinajstić information content (AvgIpc) is 2.88. The van der Waals surface area contributed by atoms with E-state index in [9.17, 15) is 9.50 Å². The zero-order valence-corrected chi connectivity index (χ0v) is 16.1. The molecule has 4 aliphatic carbocycles. The molecule has 1 N–H and O–H groups in total. The molecule has 1 heterocycles. The van der Waals surface area contributed by atoms with Crippen LogP contribution in [0.15, 0.2) is 29.4 Å². The summed E-state index contributed by atoms with van der Waals surface area (Å²) in [6.07, 6.45) is 9.51. The topological polar surface area (TPSA) is 35.8 Å². The molecule has 1 aromatic rings. The van der Waals surface area contributed by atoms with Crippen molar-refractivity contribution in [1.29, 1.82) is 0 Å². The van der Waals surface area contributed by atoms with Gasteiger partial charge in [-0.15, -0.1) is 0 Å². The van der Waals surface area contributed by atoms with Crippen molar-refractivity contribution in [3.63, 3.8) is 0 Å². The largest absolute Gasteiger partial charge is 0.392 e. The molecule has 2 unspecified atom stereocenters. The van der Waals surface area contributed by atoms with Crippen molar-refractivity contribution in [2.45, 2.75) is 57.1 Å². The van der Waals surface area contributed by atoms with Crippen LogP contribution in [0.25, 0.3) is 5.70 Å². The molecule has 5 aliphatic rings. The lowest BCUT2D eigenvalue weighted by Gasteiger charge is -2.58. The van der Waals surface area contributed by atoms with Gasteiger partial charge in [0.15, 0.2) is 0 Å². The Balaban J connectivity index is 1.46. The molecule has 144 valence electrons. The van der Waals surface area contributed by atoms with Gasteiger partial charge in [0.2, 0.25) is 0 Å². The van der Waals surface area contributed by atoms with Crippen molar-refractivity contribution in [2.24, 2.45) is 28.2 Å². The minimum absolute atomic E-state index is 0.0597. The fraction of sp³-hybridized carbons (Fsp3) is 0.609. The molecule has 0 aromatic heterocycles. The molecule has 6 rings (SSSR count). The van der Waals surface area contributed by atoms with E-state index in [1.807, 2.05) is 13.1 Å². The first-order valence-corrected chi connectivity index (χ1v) is 10.4. The summed E-state index contributed by atoms with van der Waals surface area (Å²) in [7, 11) is 1.98. The second-order valence-electron chi connectivity index (χ2n) is 9.56. The van der Waals surface area contributed by atoms with Gasteiger partial charge in [-0.2, -0.15) is 0 Å². The monoisotopic (exact) mass is 368 g/mol. The van der Waals surface area contributed by atoms with E-state index >= 15 is 0 Å². The quantitative estimate of drug-likeness (QED) is 0.777. The van der Waals surface area contributed by atoms with E-state index < -0.39 is 0 Å². The Labute approximate surface area is 161 Å². The van der Waals surface area contributed by atoms with Crippen molar-refractivity contribution in [3.8, 4) is 0 Å². The van der Waals surface area contributed by atoms with Gasteiger partial charge in [-0.1, -0.05) is 12.1 Å². The molecule has 1 aliphatic heterocycles. The van der Waals surface area contributed by atoms with Crippen LogP contribution in [0.2, 0.25) is 0 Å². The second-order valence-corrected chi connectivity index (χ2v) is 9.56. The maximum absolute atomic E-state index is 14.8. The van der Waals surface area contributed by atoms with Crippen molar-refractivity contribution >= 4 is 12.4 Å². The zero-order valence-electron chi connectivity index (χ0n) is 16.1. The van der Waals surface area contributed by atoms with E-state index in [0.29, 0.717) is 12.0 Å². The molecule has 4 fully saturated rings. The van der Waals surface area contributed by atoms with Crippen LogP contribution in [0.3, 0.4) is 0 Å². The third-order valence-corrected chi connectivity index (χ3v) is 7.96. The highest BCUT2D eigenvalue weighted by molar-refractivity contribution is 5.72.